The summed E-state index contributed by atoms with van der Waals surface area (Å²) in [6, 6.07) is 15.5. The molecule has 1 N–H and O–H groups in total. The van der Waals surface area contributed by atoms with Gasteiger partial charge >= 0.3 is 0 Å². The number of rotatable bonds is 13. The molecule has 2 aromatic carbocycles. The van der Waals surface area contributed by atoms with E-state index in [4.69, 9.17) is 14.5 Å². The molecule has 3 aromatic rings. The lowest BCUT2D eigenvalue weighted by molar-refractivity contribution is -0.149. The number of carbonyl (C=O) groups excluding carboxylic acids is 4. The van der Waals surface area contributed by atoms with Gasteiger partial charge in [0.1, 0.15) is 29.2 Å². The highest BCUT2D eigenvalue weighted by atomic mass is 32.2. The van der Waals surface area contributed by atoms with E-state index in [1.807, 2.05) is 80.3 Å². The van der Waals surface area contributed by atoms with Crippen LogP contribution >= 0.6 is 0 Å². The summed E-state index contributed by atoms with van der Waals surface area (Å²) in [7, 11) is 1.58. The van der Waals surface area contributed by atoms with Gasteiger partial charge in [0, 0.05) is 61.0 Å². The van der Waals surface area contributed by atoms with Crippen LogP contribution in [-0.4, -0.2) is 102 Å². The summed E-state index contributed by atoms with van der Waals surface area (Å²) in [5.74, 6) is -1.87. The average Bonchev–Trinajstić information content (AvgIpc) is 4.12. The summed E-state index contributed by atoms with van der Waals surface area (Å²) >= 11 is -2.82. The van der Waals surface area contributed by atoms with Crippen molar-refractivity contribution in [3.63, 3.8) is 0 Å². The van der Waals surface area contributed by atoms with Gasteiger partial charge in [-0.25, -0.2) is 4.98 Å². The lowest BCUT2D eigenvalue weighted by atomic mass is 9.77. The second-order valence-corrected chi connectivity index (χ2v) is 17.7. The van der Waals surface area contributed by atoms with E-state index in [9.17, 15) is 27.9 Å². The van der Waals surface area contributed by atoms with Gasteiger partial charge in [0.05, 0.1) is 42.0 Å². The molecule has 0 spiro atoms. The SMILES string of the molecule is C=C[C@@H]1CC1(NC(=O)[C@H]1C[C@@H](Oc2cc(-c3ccccc3)nc3cc(OC)ccc23)CN1C(=O)[C@H](CC(=O)N1CCCCC1)C(C)(C)C)C(=O)N(C1CC1)S(=O)[O-]. The summed E-state index contributed by atoms with van der Waals surface area (Å²) < 4.78 is 37.6. The monoisotopic (exact) mass is 798 g/mol. The number of hydrogen-bond acceptors (Lipinski definition) is 9. The largest absolute Gasteiger partial charge is 0.755 e. The predicted octanol–water partition coefficient (Wildman–Crippen LogP) is 5.17. The summed E-state index contributed by atoms with van der Waals surface area (Å²) in [6.07, 6.45) is 5.14. The molecule has 2 saturated heterocycles. The molecule has 2 aliphatic heterocycles. The number of carbonyl (C=O) groups is 4. The molecule has 57 heavy (non-hydrogen) atoms. The number of fused-ring (bicyclic) bond motifs is 1. The third-order valence-corrected chi connectivity index (χ3v) is 12.7. The Morgan fingerprint density at radius 1 is 1.09 bits per heavy atom. The van der Waals surface area contributed by atoms with Gasteiger partial charge in [-0.2, -0.15) is 0 Å². The molecule has 0 bridgehead atoms. The van der Waals surface area contributed by atoms with Gasteiger partial charge in [-0.05, 0) is 56.1 Å². The molecule has 6 atom stereocenters. The number of hydrogen-bond donors (Lipinski definition) is 1. The maximum atomic E-state index is 14.9. The maximum absolute atomic E-state index is 14.9. The molecule has 4 aliphatic rings. The number of aromatic nitrogens is 1. The average molecular weight is 799 g/mol. The van der Waals surface area contributed by atoms with Crippen LogP contribution in [-0.2, 0) is 30.4 Å². The second-order valence-electron chi connectivity index (χ2n) is 16.9. The van der Waals surface area contributed by atoms with Crippen molar-refractivity contribution in [1.82, 2.24) is 24.4 Å². The number of amides is 4. The number of nitrogens with zero attached hydrogens (tertiary/aromatic N) is 4. The number of nitrogens with one attached hydrogen (secondary N) is 1. The minimum Gasteiger partial charge on any atom is -0.755 e. The van der Waals surface area contributed by atoms with E-state index in [-0.39, 0.29) is 37.6 Å². The van der Waals surface area contributed by atoms with Gasteiger partial charge in [-0.15, -0.1) is 6.58 Å². The van der Waals surface area contributed by atoms with Gasteiger partial charge in [-0.1, -0.05) is 57.2 Å². The lowest BCUT2D eigenvalue weighted by Gasteiger charge is -2.37. The molecular weight excluding hydrogens is 747 g/mol. The van der Waals surface area contributed by atoms with E-state index in [1.165, 1.54) is 4.90 Å². The molecule has 4 fully saturated rings. The van der Waals surface area contributed by atoms with E-state index in [0.29, 0.717) is 54.0 Å². The first kappa shape index (κ1) is 40.4. The Bertz CT molecular complexity index is 2060. The van der Waals surface area contributed by atoms with E-state index < -0.39 is 64.1 Å². The zero-order chi connectivity index (χ0) is 40.6. The third-order valence-electron chi connectivity index (χ3n) is 11.9. The summed E-state index contributed by atoms with van der Waals surface area (Å²) in [6.45, 7) is 10.9. The Kier molecular flexibility index (Phi) is 11.5. The first-order valence-corrected chi connectivity index (χ1v) is 20.9. The van der Waals surface area contributed by atoms with Crippen LogP contribution in [0.25, 0.3) is 22.2 Å². The predicted molar refractivity (Wildman–Crippen MR) is 214 cm³/mol. The highest BCUT2D eigenvalue weighted by molar-refractivity contribution is 7.77. The molecule has 4 amide bonds. The van der Waals surface area contributed by atoms with Crippen molar-refractivity contribution in [3.05, 3.63) is 67.3 Å². The van der Waals surface area contributed by atoms with E-state index >= 15 is 0 Å². The van der Waals surface area contributed by atoms with Crippen molar-refractivity contribution in [3.8, 4) is 22.8 Å². The fourth-order valence-electron chi connectivity index (χ4n) is 8.30. The normalized spacial score (nSPS) is 24.3. The van der Waals surface area contributed by atoms with Crippen molar-refractivity contribution in [2.45, 2.75) is 95.9 Å². The standard InChI is InChI=1S/C43H53N5O8S/c1-6-28-25-43(28,41(52)48(57(53)54)29-15-16-29)45-39(50)36-22-31(26-47(36)40(51)33(42(2,3)4)23-38(49)46-19-11-8-12-20-46)56-37-24-34(27-13-9-7-10-14-27)44-35-21-30(55-5)17-18-32(35)37/h6-7,9-10,13-14,17-18,21,24,28-29,31,33,36H,1,8,11-12,15-16,19-20,22-23,25-26H2,2-5H3,(H,45,50)(H,53,54)/p-1/t28-,31-,33+,36-,43?/m1/s1. The molecule has 14 heteroatoms. The quantitative estimate of drug-likeness (QED) is 0.182. The minimum absolute atomic E-state index is 0.0113. The van der Waals surface area contributed by atoms with Crippen LogP contribution in [0.1, 0.15) is 72.1 Å². The van der Waals surface area contributed by atoms with E-state index in [1.54, 1.807) is 13.2 Å². The summed E-state index contributed by atoms with van der Waals surface area (Å²) in [5, 5.41) is 3.63. The lowest BCUT2D eigenvalue weighted by Crippen LogP contribution is -2.57. The summed E-state index contributed by atoms with van der Waals surface area (Å²) in [4.78, 5) is 65.3. The van der Waals surface area contributed by atoms with E-state index in [0.717, 1.165) is 29.1 Å². The van der Waals surface area contributed by atoms with Crippen LogP contribution in [0.3, 0.4) is 0 Å². The molecule has 2 aliphatic carbocycles. The van der Waals surface area contributed by atoms with Gasteiger partial charge in [-0.3, -0.25) is 27.7 Å². The van der Waals surface area contributed by atoms with Crippen LogP contribution < -0.4 is 14.8 Å². The van der Waals surface area contributed by atoms with Crippen molar-refractivity contribution < 1.29 is 37.4 Å². The fourth-order valence-corrected chi connectivity index (χ4v) is 9.06. The van der Waals surface area contributed by atoms with Gasteiger partial charge in [0.25, 0.3) is 5.91 Å². The van der Waals surface area contributed by atoms with Crippen LogP contribution in [0.5, 0.6) is 11.5 Å². The third kappa shape index (κ3) is 8.43. The highest BCUT2D eigenvalue weighted by Gasteiger charge is 2.63. The molecule has 2 unspecified atom stereocenters. The zero-order valence-electron chi connectivity index (χ0n) is 33.1. The molecule has 304 valence electrons. The van der Waals surface area contributed by atoms with Crippen LogP contribution in [0.2, 0.25) is 0 Å². The van der Waals surface area contributed by atoms with Crippen LogP contribution in [0, 0.1) is 17.3 Å². The Balaban J connectivity index is 1.22. The number of benzene rings is 2. The second kappa shape index (κ2) is 16.2. The fraction of sp³-hybridized carbons (Fsp3) is 0.512. The van der Waals surface area contributed by atoms with Crippen molar-refractivity contribution in [1.29, 1.82) is 0 Å². The van der Waals surface area contributed by atoms with Gasteiger partial charge < -0.3 is 29.1 Å². The first-order chi connectivity index (χ1) is 27.2. The zero-order valence-corrected chi connectivity index (χ0v) is 33.9. The number of piperidine rings is 1. The molecule has 7 rings (SSSR count). The van der Waals surface area contributed by atoms with Gasteiger partial charge in [0.2, 0.25) is 17.7 Å². The number of pyridine rings is 1. The molecular formula is C43H52N5O8S-. The maximum Gasteiger partial charge on any atom is 0.260 e. The van der Waals surface area contributed by atoms with E-state index in [2.05, 4.69) is 11.9 Å². The molecule has 2 saturated carbocycles. The van der Waals surface area contributed by atoms with Crippen LogP contribution in [0.15, 0.2) is 67.3 Å². The van der Waals surface area contributed by atoms with Crippen molar-refractivity contribution in [2.24, 2.45) is 17.3 Å². The molecule has 1 aromatic heterocycles. The molecule has 13 nitrogen and oxygen atoms in total. The van der Waals surface area contributed by atoms with Gasteiger partial charge in [0.15, 0.2) is 0 Å². The van der Waals surface area contributed by atoms with Crippen LogP contribution in [0.4, 0.5) is 0 Å². The number of methoxy groups -OCH3 is 1. The first-order valence-electron chi connectivity index (χ1n) is 19.9. The Morgan fingerprint density at radius 2 is 1.81 bits per heavy atom. The van der Waals surface area contributed by atoms with Crippen molar-refractivity contribution in [2.75, 3.05) is 26.7 Å². The highest BCUT2D eigenvalue weighted by Crippen LogP contribution is 2.48. The smallest absolute Gasteiger partial charge is 0.260 e. The molecule has 0 radical (unpaired) electrons. The van der Waals surface area contributed by atoms with Crippen molar-refractivity contribution >= 4 is 45.8 Å². The summed E-state index contributed by atoms with van der Waals surface area (Å²) in [5.41, 5.74) is 0.0207. The molecule has 3 heterocycles. The Morgan fingerprint density at radius 3 is 2.42 bits per heavy atom. The Labute approximate surface area is 336 Å². The Hall–Kier alpha value is -4.82. The number of likely N-dealkylation sites (tertiary alicyclic amines) is 2. The topological polar surface area (TPSA) is 162 Å². The number of ether oxygens (including phenoxy) is 2. The minimum atomic E-state index is -2.82.